The summed E-state index contributed by atoms with van der Waals surface area (Å²) in [6, 6.07) is 0. The van der Waals surface area contributed by atoms with Crippen LogP contribution >= 0.6 is 0 Å². The van der Waals surface area contributed by atoms with Gasteiger partial charge in [-0.05, 0) is 49.2 Å². The van der Waals surface area contributed by atoms with E-state index in [-0.39, 0.29) is 22.9 Å². The molecule has 0 spiro atoms. The van der Waals surface area contributed by atoms with Crippen molar-refractivity contribution in [1.82, 2.24) is 0 Å². The first-order valence-corrected chi connectivity index (χ1v) is 9.69. The summed E-state index contributed by atoms with van der Waals surface area (Å²) in [6.45, 7) is 5.95. The van der Waals surface area contributed by atoms with Gasteiger partial charge in [-0.2, -0.15) is 0 Å². The molecule has 26 heavy (non-hydrogen) atoms. The third-order valence-corrected chi connectivity index (χ3v) is 7.82. The lowest BCUT2D eigenvalue weighted by atomic mass is 9.48. The second-order valence-electron chi connectivity index (χ2n) is 8.98. The maximum absolute atomic E-state index is 11.3. The Hall–Kier alpha value is -1.79. The van der Waals surface area contributed by atoms with Crippen LogP contribution in [0.3, 0.4) is 0 Å². The topological polar surface area (TPSA) is 46.5 Å². The zero-order valence-corrected chi connectivity index (χ0v) is 15.9. The van der Waals surface area contributed by atoms with E-state index in [1.807, 2.05) is 6.08 Å². The Kier molecular flexibility index (Phi) is 3.80. The fraction of sp³-hybridized carbons (Fsp3) is 0.609. The number of carbonyl (C=O) groups excluding carboxylic acids is 1. The molecule has 0 aromatic carbocycles. The first-order chi connectivity index (χ1) is 12.2. The maximum atomic E-state index is 11.3. The van der Waals surface area contributed by atoms with E-state index in [0.717, 1.165) is 25.7 Å². The quantitative estimate of drug-likeness (QED) is 0.444. The number of carbonyl (C=O) groups is 1. The van der Waals surface area contributed by atoms with Crippen molar-refractivity contribution in [3.63, 3.8) is 0 Å². The maximum Gasteiger partial charge on any atom is 0.303 e. The Balaban J connectivity index is 1.65. The molecule has 0 radical (unpaired) electrons. The molecule has 0 bridgehead atoms. The van der Waals surface area contributed by atoms with Gasteiger partial charge in [0.1, 0.15) is 11.7 Å². The second-order valence-corrected chi connectivity index (χ2v) is 8.98. The molecular weight excluding hydrogens is 324 g/mol. The number of esters is 1. The fourth-order valence-electron chi connectivity index (χ4n) is 6.22. The number of rotatable bonds is 1. The van der Waals surface area contributed by atoms with Crippen molar-refractivity contribution in [1.29, 1.82) is 0 Å². The van der Waals surface area contributed by atoms with Crippen molar-refractivity contribution < 1.29 is 14.6 Å². The van der Waals surface area contributed by atoms with Crippen LogP contribution in [0.4, 0.5) is 0 Å². The summed E-state index contributed by atoms with van der Waals surface area (Å²) in [5, 5.41) is 11.0. The van der Waals surface area contributed by atoms with Gasteiger partial charge in [0.15, 0.2) is 0 Å². The predicted octanol–water partition coefficient (Wildman–Crippen LogP) is 3.80. The third kappa shape index (κ3) is 2.21. The lowest BCUT2D eigenvalue weighted by Crippen LogP contribution is -2.54. The van der Waals surface area contributed by atoms with Gasteiger partial charge in [0.05, 0.1) is 0 Å². The molecule has 0 heterocycles. The van der Waals surface area contributed by atoms with Crippen LogP contribution in [0, 0.1) is 40.9 Å². The Morgan fingerprint density at radius 3 is 2.81 bits per heavy atom. The lowest BCUT2D eigenvalue weighted by molar-refractivity contribution is -0.144. The molecule has 7 atom stereocenters. The number of hydrogen-bond acceptors (Lipinski definition) is 3. The Labute approximate surface area is 156 Å². The lowest BCUT2D eigenvalue weighted by Gasteiger charge is -2.57. The van der Waals surface area contributed by atoms with Gasteiger partial charge < -0.3 is 9.84 Å². The van der Waals surface area contributed by atoms with Gasteiger partial charge >= 0.3 is 5.97 Å². The van der Waals surface area contributed by atoms with Crippen molar-refractivity contribution in [2.75, 3.05) is 0 Å². The van der Waals surface area contributed by atoms with E-state index in [4.69, 9.17) is 11.2 Å². The number of hydrogen-bond donors (Lipinski definition) is 1. The minimum absolute atomic E-state index is 0.00554. The van der Waals surface area contributed by atoms with E-state index in [9.17, 15) is 9.90 Å². The van der Waals surface area contributed by atoms with Crippen LogP contribution < -0.4 is 0 Å². The molecule has 1 N–H and O–H groups in total. The molecule has 4 rings (SSSR count). The average Bonchev–Trinajstić information content (AvgIpc) is 2.87. The zero-order chi connectivity index (χ0) is 18.7. The molecule has 4 unspecified atom stereocenters. The van der Waals surface area contributed by atoms with Gasteiger partial charge in [-0.3, -0.25) is 4.79 Å². The van der Waals surface area contributed by atoms with Crippen LogP contribution in [0.2, 0.25) is 0 Å². The molecule has 4 aliphatic rings. The molecule has 0 aliphatic heterocycles. The molecule has 1 fully saturated rings. The van der Waals surface area contributed by atoms with Crippen LogP contribution in [0.1, 0.15) is 46.5 Å². The smallest absolute Gasteiger partial charge is 0.303 e. The second kappa shape index (κ2) is 5.60. The highest BCUT2D eigenvalue weighted by Gasteiger charge is 2.61. The first kappa shape index (κ1) is 17.6. The molecule has 3 nitrogen and oxygen atoms in total. The minimum Gasteiger partial charge on any atom is -0.458 e. The molecule has 4 aliphatic carbocycles. The summed E-state index contributed by atoms with van der Waals surface area (Å²) < 4.78 is 5.42. The van der Waals surface area contributed by atoms with E-state index < -0.39 is 5.60 Å². The van der Waals surface area contributed by atoms with Gasteiger partial charge in [0.2, 0.25) is 0 Å². The van der Waals surface area contributed by atoms with Gasteiger partial charge in [-0.15, -0.1) is 6.42 Å². The molecule has 1 saturated carbocycles. The van der Waals surface area contributed by atoms with Crippen LogP contribution in [0.5, 0.6) is 0 Å². The number of allylic oxidation sites excluding steroid dienone is 3. The number of ether oxygens (including phenoxy) is 1. The van der Waals surface area contributed by atoms with Crippen molar-refractivity contribution >= 4 is 5.97 Å². The standard InChI is InChI=1S/C23H28O3/c1-5-23(25)13-10-20-18-7-6-16-14-17(26-15(2)24)8-11-21(16,3)19(18)9-12-22(20,23)4/h1,6,8,10-11,13,17-20,25H,7,9,12,14H2,2-4H3/t17?,18?,19?,20?,21-,22-,23-/m0/s1. The molecule has 0 amide bonds. The summed E-state index contributed by atoms with van der Waals surface area (Å²) in [5.74, 6) is 3.74. The van der Waals surface area contributed by atoms with E-state index in [1.165, 1.54) is 12.5 Å². The molecule has 0 aromatic heterocycles. The van der Waals surface area contributed by atoms with E-state index >= 15 is 0 Å². The number of aliphatic hydroxyl groups is 1. The van der Waals surface area contributed by atoms with Crippen LogP contribution in [-0.2, 0) is 9.53 Å². The van der Waals surface area contributed by atoms with Gasteiger partial charge in [-0.25, -0.2) is 0 Å². The summed E-state index contributed by atoms with van der Waals surface area (Å²) in [5.41, 5.74) is -0.00381. The van der Waals surface area contributed by atoms with E-state index in [2.05, 4.69) is 44.1 Å². The SMILES string of the molecule is C#C[C@]1(O)C=CC2C3CC=C4CC(OC(C)=O)C=C[C@]4(C)C3CC[C@@]21C. The van der Waals surface area contributed by atoms with E-state index in [1.54, 1.807) is 0 Å². The largest absolute Gasteiger partial charge is 0.458 e. The fourth-order valence-corrected chi connectivity index (χ4v) is 6.22. The summed E-state index contributed by atoms with van der Waals surface area (Å²) in [6.07, 6.45) is 20.1. The minimum atomic E-state index is -1.13. The molecular formula is C23H28O3. The van der Waals surface area contributed by atoms with E-state index in [0.29, 0.717) is 17.8 Å². The molecule has 3 heteroatoms. The van der Waals surface area contributed by atoms with Crippen molar-refractivity contribution in [3.8, 4) is 12.3 Å². The number of terminal acetylenes is 1. The summed E-state index contributed by atoms with van der Waals surface area (Å²) in [4.78, 5) is 11.3. The third-order valence-electron chi connectivity index (χ3n) is 7.82. The Morgan fingerprint density at radius 1 is 1.35 bits per heavy atom. The Bertz CT molecular complexity index is 769. The average molecular weight is 352 g/mol. The summed E-state index contributed by atoms with van der Waals surface area (Å²) in [7, 11) is 0. The normalized spacial score (nSPS) is 48.7. The van der Waals surface area contributed by atoms with Crippen LogP contribution in [-0.4, -0.2) is 22.8 Å². The van der Waals surface area contributed by atoms with Crippen LogP contribution in [0.25, 0.3) is 0 Å². The first-order valence-electron chi connectivity index (χ1n) is 9.69. The van der Waals surface area contributed by atoms with Crippen LogP contribution in [0.15, 0.2) is 36.0 Å². The predicted molar refractivity (Wildman–Crippen MR) is 101 cm³/mol. The molecule has 138 valence electrons. The number of fused-ring (bicyclic) bond motifs is 5. The van der Waals surface area contributed by atoms with Crippen molar-refractivity contribution in [2.45, 2.75) is 58.2 Å². The molecule has 0 aromatic rings. The van der Waals surface area contributed by atoms with Gasteiger partial charge in [0.25, 0.3) is 0 Å². The van der Waals surface area contributed by atoms with Gasteiger partial charge in [0, 0.05) is 24.2 Å². The monoisotopic (exact) mass is 352 g/mol. The highest BCUT2D eigenvalue weighted by Crippen LogP contribution is 2.64. The molecule has 0 saturated heterocycles. The van der Waals surface area contributed by atoms with Crippen molar-refractivity contribution in [3.05, 3.63) is 36.0 Å². The highest BCUT2D eigenvalue weighted by atomic mass is 16.5. The summed E-state index contributed by atoms with van der Waals surface area (Å²) >= 11 is 0. The van der Waals surface area contributed by atoms with Crippen molar-refractivity contribution in [2.24, 2.45) is 28.6 Å². The Morgan fingerprint density at radius 2 is 2.12 bits per heavy atom. The zero-order valence-electron chi connectivity index (χ0n) is 15.9. The highest BCUT2D eigenvalue weighted by molar-refractivity contribution is 5.66. The van der Waals surface area contributed by atoms with Gasteiger partial charge in [-0.1, -0.05) is 43.6 Å².